The van der Waals surface area contributed by atoms with Crippen molar-refractivity contribution in [1.29, 1.82) is 0 Å². The van der Waals surface area contributed by atoms with Crippen molar-refractivity contribution in [2.24, 2.45) is 16.6 Å². The number of benzene rings is 1. The Bertz CT molecular complexity index is 550. The van der Waals surface area contributed by atoms with Crippen LogP contribution in [0, 0.1) is 5.92 Å². The van der Waals surface area contributed by atoms with E-state index in [9.17, 15) is 4.79 Å². The van der Waals surface area contributed by atoms with Gasteiger partial charge in [0, 0.05) is 24.7 Å². The van der Waals surface area contributed by atoms with Gasteiger partial charge in [0.15, 0.2) is 5.96 Å². The van der Waals surface area contributed by atoms with Gasteiger partial charge in [0.25, 0.3) is 0 Å². The van der Waals surface area contributed by atoms with E-state index >= 15 is 0 Å². The molecule has 23 heavy (non-hydrogen) atoms. The fraction of sp³-hybridized carbons (Fsp3) is 0.556. The highest BCUT2D eigenvalue weighted by Gasteiger charge is 2.12. The lowest BCUT2D eigenvalue weighted by Gasteiger charge is -2.27. The maximum absolute atomic E-state index is 12.0. The second kappa shape index (κ2) is 8.56. The monoisotopic (exact) mass is 316 g/mol. The number of hydrogen-bond donors (Lipinski definition) is 2. The summed E-state index contributed by atoms with van der Waals surface area (Å²) >= 11 is 0. The Balaban J connectivity index is 1.95. The summed E-state index contributed by atoms with van der Waals surface area (Å²) in [5.41, 5.74) is 7.95. The number of hydrogen-bond acceptors (Lipinski definition) is 2. The molecule has 5 heteroatoms. The van der Waals surface area contributed by atoms with Gasteiger partial charge in [-0.3, -0.25) is 4.79 Å². The van der Waals surface area contributed by atoms with Crippen LogP contribution in [0.15, 0.2) is 29.3 Å². The Morgan fingerprint density at radius 1 is 1.35 bits per heavy atom. The number of nitrogens with two attached hydrogens (primary N) is 1. The van der Waals surface area contributed by atoms with E-state index in [4.69, 9.17) is 5.73 Å². The lowest BCUT2D eigenvalue weighted by molar-refractivity contribution is -0.119. The quantitative estimate of drug-likeness (QED) is 0.648. The van der Waals surface area contributed by atoms with Crippen LogP contribution in [0.5, 0.6) is 0 Å². The molecule has 1 saturated heterocycles. The van der Waals surface area contributed by atoms with E-state index in [1.165, 1.54) is 19.3 Å². The SMILES string of the molecule is CCC(C)C(=O)Nc1cccc(CN=C(N)N2CCCCC2)c1. The van der Waals surface area contributed by atoms with Gasteiger partial charge in [0.1, 0.15) is 0 Å². The molecule has 0 bridgehead atoms. The molecule has 0 spiro atoms. The average molecular weight is 316 g/mol. The predicted octanol–water partition coefficient (Wildman–Crippen LogP) is 2.97. The molecule has 1 heterocycles. The number of anilines is 1. The largest absolute Gasteiger partial charge is 0.370 e. The van der Waals surface area contributed by atoms with Gasteiger partial charge in [-0.05, 0) is 43.4 Å². The van der Waals surface area contributed by atoms with Crippen LogP contribution >= 0.6 is 0 Å². The first kappa shape index (κ1) is 17.3. The summed E-state index contributed by atoms with van der Waals surface area (Å²) in [6, 6.07) is 7.81. The summed E-state index contributed by atoms with van der Waals surface area (Å²) in [6.45, 7) is 6.48. The van der Waals surface area contributed by atoms with Gasteiger partial charge >= 0.3 is 0 Å². The van der Waals surface area contributed by atoms with Crippen molar-refractivity contribution in [2.75, 3.05) is 18.4 Å². The second-order valence-corrected chi connectivity index (χ2v) is 6.22. The number of nitrogens with one attached hydrogen (secondary N) is 1. The van der Waals surface area contributed by atoms with E-state index in [-0.39, 0.29) is 11.8 Å². The lowest BCUT2D eigenvalue weighted by atomic mass is 10.1. The van der Waals surface area contributed by atoms with E-state index in [1.807, 2.05) is 38.1 Å². The molecule has 1 amide bonds. The van der Waals surface area contributed by atoms with E-state index in [0.29, 0.717) is 12.5 Å². The van der Waals surface area contributed by atoms with E-state index in [0.717, 1.165) is 30.8 Å². The third-order valence-electron chi connectivity index (χ3n) is 4.36. The zero-order valence-corrected chi connectivity index (χ0v) is 14.2. The minimum absolute atomic E-state index is 0.0198. The molecule has 0 radical (unpaired) electrons. The fourth-order valence-corrected chi connectivity index (χ4v) is 2.59. The first-order chi connectivity index (χ1) is 11.1. The normalized spacial score (nSPS) is 17.0. The molecule has 3 N–H and O–H groups in total. The molecule has 1 aromatic rings. The van der Waals surface area contributed by atoms with Gasteiger partial charge < -0.3 is 16.0 Å². The van der Waals surface area contributed by atoms with Gasteiger partial charge in [-0.15, -0.1) is 0 Å². The van der Waals surface area contributed by atoms with Crippen molar-refractivity contribution < 1.29 is 4.79 Å². The van der Waals surface area contributed by atoms with Crippen molar-refractivity contribution in [3.63, 3.8) is 0 Å². The topological polar surface area (TPSA) is 70.7 Å². The van der Waals surface area contributed by atoms with Crippen molar-refractivity contribution in [2.45, 2.75) is 46.1 Å². The first-order valence-electron chi connectivity index (χ1n) is 8.54. The fourth-order valence-electron chi connectivity index (χ4n) is 2.59. The summed E-state index contributed by atoms with van der Waals surface area (Å²) in [5.74, 6) is 0.700. The highest BCUT2D eigenvalue weighted by atomic mass is 16.1. The highest BCUT2D eigenvalue weighted by Crippen LogP contribution is 2.14. The third-order valence-corrected chi connectivity index (χ3v) is 4.36. The molecule has 1 aromatic carbocycles. The molecular formula is C18H28N4O. The van der Waals surface area contributed by atoms with Crippen molar-refractivity contribution in [3.05, 3.63) is 29.8 Å². The van der Waals surface area contributed by atoms with Crippen molar-refractivity contribution >= 4 is 17.6 Å². The number of carbonyl (C=O) groups excluding carboxylic acids is 1. The zero-order valence-electron chi connectivity index (χ0n) is 14.2. The number of piperidine rings is 1. The minimum Gasteiger partial charge on any atom is -0.370 e. The van der Waals surface area contributed by atoms with Gasteiger partial charge in [-0.2, -0.15) is 0 Å². The van der Waals surface area contributed by atoms with Gasteiger partial charge in [-0.1, -0.05) is 26.0 Å². The number of amides is 1. The van der Waals surface area contributed by atoms with Crippen LogP contribution in [0.4, 0.5) is 5.69 Å². The lowest BCUT2D eigenvalue weighted by Crippen LogP contribution is -2.40. The van der Waals surface area contributed by atoms with Crippen molar-refractivity contribution in [3.8, 4) is 0 Å². The molecule has 126 valence electrons. The summed E-state index contributed by atoms with van der Waals surface area (Å²) in [4.78, 5) is 18.6. The number of guanidine groups is 1. The number of carbonyl (C=O) groups is 1. The van der Waals surface area contributed by atoms with Crippen LogP contribution in [0.2, 0.25) is 0 Å². The third kappa shape index (κ3) is 5.27. The molecular weight excluding hydrogens is 288 g/mol. The smallest absolute Gasteiger partial charge is 0.227 e. The highest BCUT2D eigenvalue weighted by molar-refractivity contribution is 5.92. The summed E-state index contributed by atoms with van der Waals surface area (Å²) < 4.78 is 0. The van der Waals surface area contributed by atoms with Crippen LogP contribution in [-0.4, -0.2) is 29.9 Å². The Labute approximate surface area is 139 Å². The minimum atomic E-state index is 0.0198. The van der Waals surface area contributed by atoms with Gasteiger partial charge in [-0.25, -0.2) is 4.99 Å². The Morgan fingerprint density at radius 2 is 2.09 bits per heavy atom. The van der Waals surface area contributed by atoms with Crippen LogP contribution in [0.25, 0.3) is 0 Å². The summed E-state index contributed by atoms with van der Waals surface area (Å²) in [5, 5.41) is 2.95. The maximum atomic E-state index is 12.0. The maximum Gasteiger partial charge on any atom is 0.227 e. The molecule has 1 aliphatic heterocycles. The summed E-state index contributed by atoms with van der Waals surface area (Å²) in [7, 11) is 0. The molecule has 2 rings (SSSR count). The molecule has 0 aliphatic carbocycles. The average Bonchev–Trinajstić information content (AvgIpc) is 2.60. The second-order valence-electron chi connectivity index (χ2n) is 6.22. The molecule has 1 unspecified atom stereocenters. The first-order valence-corrected chi connectivity index (χ1v) is 8.54. The zero-order chi connectivity index (χ0) is 16.7. The summed E-state index contributed by atoms with van der Waals surface area (Å²) in [6.07, 6.45) is 4.49. The molecule has 0 saturated carbocycles. The Kier molecular flexibility index (Phi) is 6.44. The van der Waals surface area contributed by atoms with Crippen LogP contribution in [-0.2, 0) is 11.3 Å². The molecule has 1 fully saturated rings. The Morgan fingerprint density at radius 3 is 2.78 bits per heavy atom. The standard InChI is InChI=1S/C18H28N4O/c1-3-14(2)17(23)21-16-9-7-8-15(12-16)13-20-18(19)22-10-5-4-6-11-22/h7-9,12,14H,3-6,10-11,13H2,1-2H3,(H2,19,20)(H,21,23). The van der Waals surface area contributed by atoms with Crippen LogP contribution in [0.1, 0.15) is 45.1 Å². The van der Waals surface area contributed by atoms with Crippen molar-refractivity contribution in [1.82, 2.24) is 4.90 Å². The van der Waals surface area contributed by atoms with E-state index in [2.05, 4.69) is 15.2 Å². The predicted molar refractivity (Wildman–Crippen MR) is 95.3 cm³/mol. The number of likely N-dealkylation sites (tertiary alicyclic amines) is 1. The number of aliphatic imine (C=N–C) groups is 1. The number of nitrogens with zero attached hydrogens (tertiary/aromatic N) is 2. The van der Waals surface area contributed by atoms with E-state index in [1.54, 1.807) is 0 Å². The Hall–Kier alpha value is -2.04. The number of rotatable bonds is 5. The molecule has 5 nitrogen and oxygen atoms in total. The molecule has 0 aromatic heterocycles. The van der Waals surface area contributed by atoms with Gasteiger partial charge in [0.05, 0.1) is 6.54 Å². The van der Waals surface area contributed by atoms with Crippen LogP contribution < -0.4 is 11.1 Å². The van der Waals surface area contributed by atoms with Gasteiger partial charge in [0.2, 0.25) is 5.91 Å². The van der Waals surface area contributed by atoms with E-state index < -0.39 is 0 Å². The van der Waals surface area contributed by atoms with Crippen LogP contribution in [0.3, 0.4) is 0 Å². The molecule has 1 aliphatic rings. The molecule has 1 atom stereocenters.